The van der Waals surface area contributed by atoms with Crippen LogP contribution in [0.25, 0.3) is 0 Å². The van der Waals surface area contributed by atoms with Crippen LogP contribution in [-0.2, 0) is 16.1 Å². The van der Waals surface area contributed by atoms with Gasteiger partial charge in [-0.1, -0.05) is 140 Å². The lowest BCUT2D eigenvalue weighted by Crippen LogP contribution is -2.41. The predicted octanol–water partition coefficient (Wildman–Crippen LogP) is 8.68. The Morgan fingerprint density at radius 1 is 0.711 bits per heavy atom. The smallest absolute Gasteiger partial charge is 0.232 e. The summed E-state index contributed by atoms with van der Waals surface area (Å²) in [6.45, 7) is 4.77. The molecule has 0 spiro atoms. The molecule has 216 valence electrons. The van der Waals surface area contributed by atoms with E-state index in [1.54, 1.807) is 4.90 Å². The van der Waals surface area contributed by atoms with Crippen molar-refractivity contribution in [3.05, 3.63) is 35.9 Å². The zero-order valence-corrected chi connectivity index (χ0v) is 25.2. The van der Waals surface area contributed by atoms with E-state index in [0.717, 1.165) is 36.8 Å². The number of nitrogens with zero attached hydrogens (tertiary/aromatic N) is 2. The molecule has 0 radical (unpaired) electrons. The molecular formula is C34H59N2O2+. The molecule has 0 bridgehead atoms. The van der Waals surface area contributed by atoms with Crippen LogP contribution in [0.5, 0.6) is 0 Å². The normalized spacial score (nSPS) is 16.1. The minimum Gasteiger partial charge on any atom is -0.325 e. The number of carbonyl (C=O) groups excluding carboxylic acids is 2. The summed E-state index contributed by atoms with van der Waals surface area (Å²) < 4.78 is 0.864. The summed E-state index contributed by atoms with van der Waals surface area (Å²) >= 11 is 0. The van der Waals surface area contributed by atoms with E-state index < -0.39 is 0 Å². The second-order valence-electron chi connectivity index (χ2n) is 12.5. The van der Waals surface area contributed by atoms with Gasteiger partial charge in [-0.25, -0.2) is 0 Å². The lowest BCUT2D eigenvalue weighted by Gasteiger charge is -2.30. The first-order valence-electron chi connectivity index (χ1n) is 16.1. The molecule has 0 aromatic heterocycles. The average molecular weight is 528 g/mol. The topological polar surface area (TPSA) is 37.4 Å². The lowest BCUT2D eigenvalue weighted by atomic mass is 9.98. The highest BCUT2D eigenvalue weighted by molar-refractivity contribution is 6.03. The number of hydrogen-bond donors (Lipinski definition) is 0. The zero-order chi connectivity index (χ0) is 27.5. The largest absolute Gasteiger partial charge is 0.325 e. The number of hydrogen-bond acceptors (Lipinski definition) is 2. The number of rotatable bonds is 23. The maximum atomic E-state index is 12.9. The van der Waals surface area contributed by atoms with E-state index in [-0.39, 0.29) is 17.7 Å². The van der Waals surface area contributed by atoms with Gasteiger partial charge in [-0.2, -0.15) is 0 Å². The minimum atomic E-state index is -0.0686. The Hall–Kier alpha value is -1.68. The Labute approximate surface area is 235 Å². The molecule has 1 aliphatic rings. The van der Waals surface area contributed by atoms with Crippen molar-refractivity contribution < 1.29 is 14.1 Å². The fourth-order valence-corrected chi connectivity index (χ4v) is 5.96. The highest BCUT2D eigenvalue weighted by Gasteiger charge is 2.37. The van der Waals surface area contributed by atoms with Crippen molar-refractivity contribution >= 4 is 11.8 Å². The van der Waals surface area contributed by atoms with E-state index in [4.69, 9.17) is 0 Å². The first kappa shape index (κ1) is 32.5. The molecule has 4 heteroatoms. The SMILES string of the molecule is CCCCCCCCCCCCCCCCCCC1CC(=O)N(CCC[N+](C)(C)Cc2ccccc2)C1=O. The Balaban J connectivity index is 1.45. The van der Waals surface area contributed by atoms with Crippen LogP contribution in [0.15, 0.2) is 30.3 Å². The van der Waals surface area contributed by atoms with Gasteiger partial charge in [0.1, 0.15) is 6.54 Å². The lowest BCUT2D eigenvalue weighted by molar-refractivity contribution is -0.903. The number of benzene rings is 1. The molecule has 1 unspecified atom stereocenters. The van der Waals surface area contributed by atoms with Crippen molar-refractivity contribution in [2.75, 3.05) is 27.2 Å². The van der Waals surface area contributed by atoms with Crippen LogP contribution in [0.1, 0.15) is 134 Å². The number of unbranched alkanes of at least 4 members (excludes halogenated alkanes) is 15. The summed E-state index contributed by atoms with van der Waals surface area (Å²) in [7, 11) is 4.45. The third kappa shape index (κ3) is 13.9. The van der Waals surface area contributed by atoms with Crippen LogP contribution < -0.4 is 0 Å². The molecule has 1 fully saturated rings. The van der Waals surface area contributed by atoms with Crippen molar-refractivity contribution in [1.29, 1.82) is 0 Å². The number of quaternary nitrogens is 1. The maximum absolute atomic E-state index is 12.9. The molecule has 4 nitrogen and oxygen atoms in total. The van der Waals surface area contributed by atoms with Gasteiger partial charge in [0.25, 0.3) is 0 Å². The molecule has 1 saturated heterocycles. The van der Waals surface area contributed by atoms with Gasteiger partial charge in [0, 0.05) is 30.9 Å². The minimum absolute atomic E-state index is 0.0462. The average Bonchev–Trinajstić information content (AvgIpc) is 3.16. The maximum Gasteiger partial charge on any atom is 0.232 e. The molecule has 1 aliphatic heterocycles. The number of amides is 2. The molecule has 1 aromatic carbocycles. The summed E-state index contributed by atoms with van der Waals surface area (Å²) in [5.41, 5.74) is 1.32. The molecule has 2 rings (SSSR count). The molecule has 1 aromatic rings. The van der Waals surface area contributed by atoms with Crippen molar-refractivity contribution in [2.24, 2.45) is 5.92 Å². The third-order valence-corrected chi connectivity index (χ3v) is 8.34. The second kappa shape index (κ2) is 19.4. The van der Waals surface area contributed by atoms with Crippen LogP contribution in [-0.4, -0.2) is 48.4 Å². The standard InChI is InChI=1S/C34H59N2O2/c1-4-5-6-7-8-9-10-11-12-13-14-15-16-17-18-22-26-32-29-33(37)35(34(32)38)27-23-28-36(2,3)30-31-24-20-19-21-25-31/h19-21,24-25,32H,4-18,22-23,26-30H2,1-3H3/q+1. The molecule has 0 N–H and O–H groups in total. The van der Waals surface area contributed by atoms with Crippen molar-refractivity contribution in [3.63, 3.8) is 0 Å². The van der Waals surface area contributed by atoms with E-state index >= 15 is 0 Å². The van der Waals surface area contributed by atoms with Crippen molar-refractivity contribution in [2.45, 2.75) is 135 Å². The quantitative estimate of drug-likeness (QED) is 0.0811. The number of likely N-dealkylation sites (tertiary alicyclic amines) is 1. The van der Waals surface area contributed by atoms with E-state index in [2.05, 4.69) is 45.3 Å². The molecule has 0 saturated carbocycles. The van der Waals surface area contributed by atoms with Gasteiger partial charge in [0.15, 0.2) is 0 Å². The van der Waals surface area contributed by atoms with Gasteiger partial charge >= 0.3 is 0 Å². The molecule has 1 atom stereocenters. The van der Waals surface area contributed by atoms with Crippen LogP contribution >= 0.6 is 0 Å². The number of imide groups is 1. The van der Waals surface area contributed by atoms with Crippen molar-refractivity contribution in [3.8, 4) is 0 Å². The van der Waals surface area contributed by atoms with Gasteiger partial charge in [0.2, 0.25) is 11.8 Å². The molecular weight excluding hydrogens is 468 g/mol. The Kier molecular flexibility index (Phi) is 16.6. The molecule has 38 heavy (non-hydrogen) atoms. The Bertz CT molecular complexity index is 761. The highest BCUT2D eigenvalue weighted by atomic mass is 16.2. The monoisotopic (exact) mass is 527 g/mol. The highest BCUT2D eigenvalue weighted by Crippen LogP contribution is 2.26. The summed E-state index contributed by atoms with van der Waals surface area (Å²) in [6.07, 6.45) is 23.9. The van der Waals surface area contributed by atoms with Gasteiger partial charge in [-0.15, -0.1) is 0 Å². The summed E-state index contributed by atoms with van der Waals surface area (Å²) in [5.74, 6) is 0.0650. The van der Waals surface area contributed by atoms with E-state index in [1.807, 2.05) is 6.07 Å². The van der Waals surface area contributed by atoms with E-state index in [0.29, 0.717) is 13.0 Å². The van der Waals surface area contributed by atoms with Crippen molar-refractivity contribution in [1.82, 2.24) is 4.90 Å². The first-order chi connectivity index (χ1) is 18.4. The predicted molar refractivity (Wildman–Crippen MR) is 161 cm³/mol. The summed E-state index contributed by atoms with van der Waals surface area (Å²) in [6, 6.07) is 10.5. The van der Waals surface area contributed by atoms with Crippen LogP contribution in [0.4, 0.5) is 0 Å². The van der Waals surface area contributed by atoms with E-state index in [1.165, 1.54) is 102 Å². The zero-order valence-electron chi connectivity index (χ0n) is 25.2. The van der Waals surface area contributed by atoms with E-state index in [9.17, 15) is 9.59 Å². The Morgan fingerprint density at radius 2 is 1.21 bits per heavy atom. The third-order valence-electron chi connectivity index (χ3n) is 8.34. The van der Waals surface area contributed by atoms with Gasteiger partial charge in [-0.05, 0) is 6.42 Å². The number of carbonyl (C=O) groups is 2. The summed E-state index contributed by atoms with van der Waals surface area (Å²) in [4.78, 5) is 26.9. The molecule has 2 amide bonds. The van der Waals surface area contributed by atoms with Crippen LogP contribution in [0.3, 0.4) is 0 Å². The fourth-order valence-electron chi connectivity index (χ4n) is 5.96. The van der Waals surface area contributed by atoms with Gasteiger partial charge < -0.3 is 4.48 Å². The van der Waals surface area contributed by atoms with Gasteiger partial charge in [-0.3, -0.25) is 14.5 Å². The molecule has 1 heterocycles. The second-order valence-corrected chi connectivity index (χ2v) is 12.5. The van der Waals surface area contributed by atoms with Crippen LogP contribution in [0, 0.1) is 5.92 Å². The summed E-state index contributed by atoms with van der Waals surface area (Å²) in [5, 5.41) is 0. The van der Waals surface area contributed by atoms with Gasteiger partial charge in [0.05, 0.1) is 20.6 Å². The first-order valence-corrected chi connectivity index (χ1v) is 16.1. The fraction of sp³-hybridized carbons (Fsp3) is 0.765. The molecule has 0 aliphatic carbocycles. The van der Waals surface area contributed by atoms with Crippen LogP contribution in [0.2, 0.25) is 0 Å². The Morgan fingerprint density at radius 3 is 1.74 bits per heavy atom.